The number of carbonyl (C=O) groups is 3. The van der Waals surface area contributed by atoms with Crippen molar-refractivity contribution in [2.24, 2.45) is 17.3 Å². The van der Waals surface area contributed by atoms with Gasteiger partial charge in [0.2, 0.25) is 0 Å². The molecular formula is C25H36O6. The molecule has 1 N–H and O–H groups in total. The standard InChI is InChI=1S/C25H36O6/c1-16(2)13-22(28)30-12-9-20-19(14-17(3)27)23(29)18(15-26)7-10-25(20,6)11-8-21-24(4,5)31-21/h7,9,12-13,19-21,26H,8,10-11,14-15H2,1-6H3/b12-9+/t19-,20-,21-,25+/m1/s1. The minimum absolute atomic E-state index is 0.0775. The Morgan fingerprint density at radius 2 is 1.90 bits per heavy atom. The van der Waals surface area contributed by atoms with Crippen LogP contribution < -0.4 is 0 Å². The van der Waals surface area contributed by atoms with Gasteiger partial charge in [-0.3, -0.25) is 4.79 Å². The van der Waals surface area contributed by atoms with Crippen LogP contribution in [-0.2, 0) is 23.9 Å². The van der Waals surface area contributed by atoms with E-state index in [0.717, 1.165) is 18.4 Å². The van der Waals surface area contributed by atoms with Gasteiger partial charge in [0.15, 0.2) is 5.78 Å². The summed E-state index contributed by atoms with van der Waals surface area (Å²) < 4.78 is 11.0. The maximum absolute atomic E-state index is 13.1. The Kier molecular flexibility index (Phi) is 8.17. The van der Waals surface area contributed by atoms with Crippen LogP contribution in [0.4, 0.5) is 0 Å². The Morgan fingerprint density at radius 1 is 1.26 bits per heavy atom. The normalized spacial score (nSPS) is 29.8. The van der Waals surface area contributed by atoms with Crippen molar-refractivity contribution >= 4 is 17.5 Å². The molecule has 1 saturated heterocycles. The highest BCUT2D eigenvalue weighted by molar-refractivity contribution is 6.00. The molecule has 0 spiro atoms. The monoisotopic (exact) mass is 432 g/mol. The average molecular weight is 433 g/mol. The molecule has 0 radical (unpaired) electrons. The van der Waals surface area contributed by atoms with E-state index >= 15 is 0 Å². The number of esters is 1. The molecular weight excluding hydrogens is 396 g/mol. The first-order valence-corrected chi connectivity index (χ1v) is 10.9. The van der Waals surface area contributed by atoms with Gasteiger partial charge in [-0.2, -0.15) is 0 Å². The molecule has 172 valence electrons. The maximum atomic E-state index is 13.1. The molecule has 1 aliphatic carbocycles. The first kappa shape index (κ1) is 25.2. The van der Waals surface area contributed by atoms with Gasteiger partial charge in [0.1, 0.15) is 5.78 Å². The summed E-state index contributed by atoms with van der Waals surface area (Å²) in [5.41, 5.74) is 0.672. The molecule has 0 aromatic heterocycles. The molecule has 1 heterocycles. The number of epoxide rings is 1. The van der Waals surface area contributed by atoms with Crippen molar-refractivity contribution in [3.63, 3.8) is 0 Å². The molecule has 0 unspecified atom stereocenters. The number of Topliss-reactive ketones (excluding diaryl/α,β-unsaturated/α-hetero) is 2. The summed E-state index contributed by atoms with van der Waals surface area (Å²) in [5.74, 6) is -1.73. The molecule has 0 aromatic rings. The molecule has 6 heteroatoms. The van der Waals surface area contributed by atoms with Crippen LogP contribution in [0.5, 0.6) is 0 Å². The molecule has 6 nitrogen and oxygen atoms in total. The highest BCUT2D eigenvalue weighted by atomic mass is 16.6. The lowest BCUT2D eigenvalue weighted by Gasteiger charge is -2.38. The third-order valence-electron chi connectivity index (χ3n) is 6.40. The number of rotatable bonds is 9. The van der Waals surface area contributed by atoms with E-state index in [2.05, 4.69) is 20.8 Å². The van der Waals surface area contributed by atoms with Gasteiger partial charge in [-0.1, -0.05) is 18.6 Å². The van der Waals surface area contributed by atoms with E-state index in [1.165, 1.54) is 19.3 Å². The quantitative estimate of drug-likeness (QED) is 0.255. The number of hydrogen-bond donors (Lipinski definition) is 1. The fraction of sp³-hybridized carbons (Fsp3) is 0.640. The van der Waals surface area contributed by atoms with Crippen molar-refractivity contribution < 1.29 is 29.0 Å². The number of carbonyl (C=O) groups excluding carboxylic acids is 3. The first-order chi connectivity index (χ1) is 14.4. The smallest absolute Gasteiger partial charge is 0.335 e. The molecule has 0 amide bonds. The van der Waals surface area contributed by atoms with E-state index in [1.807, 2.05) is 0 Å². The topological polar surface area (TPSA) is 93.2 Å². The second-order valence-electron chi connectivity index (χ2n) is 9.88. The second kappa shape index (κ2) is 10.0. The van der Waals surface area contributed by atoms with Crippen molar-refractivity contribution in [2.45, 2.75) is 78.9 Å². The molecule has 0 aromatic carbocycles. The summed E-state index contributed by atoms with van der Waals surface area (Å²) >= 11 is 0. The third-order valence-corrected chi connectivity index (χ3v) is 6.40. The van der Waals surface area contributed by atoms with Gasteiger partial charge in [0.25, 0.3) is 0 Å². The summed E-state index contributed by atoms with van der Waals surface area (Å²) in [6.45, 7) is 10.9. The number of allylic oxidation sites excluding steroid dienone is 3. The van der Waals surface area contributed by atoms with Gasteiger partial charge in [-0.05, 0) is 71.3 Å². The summed E-state index contributed by atoms with van der Waals surface area (Å²) in [5, 5.41) is 9.74. The van der Waals surface area contributed by atoms with Crippen LogP contribution in [0.1, 0.15) is 67.2 Å². The minimum Gasteiger partial charge on any atom is -0.432 e. The lowest BCUT2D eigenvalue weighted by molar-refractivity contribution is -0.132. The average Bonchev–Trinajstić information content (AvgIpc) is 3.29. The van der Waals surface area contributed by atoms with Crippen LogP contribution in [0.2, 0.25) is 0 Å². The summed E-state index contributed by atoms with van der Waals surface area (Å²) in [6.07, 6.45) is 8.70. The number of hydrogen-bond acceptors (Lipinski definition) is 6. The summed E-state index contributed by atoms with van der Waals surface area (Å²) in [7, 11) is 0. The van der Waals surface area contributed by atoms with Gasteiger partial charge in [-0.15, -0.1) is 0 Å². The summed E-state index contributed by atoms with van der Waals surface area (Å²) in [4.78, 5) is 37.1. The number of aliphatic hydroxyl groups excluding tert-OH is 1. The third kappa shape index (κ3) is 6.71. The van der Waals surface area contributed by atoms with Crippen LogP contribution in [0.3, 0.4) is 0 Å². The van der Waals surface area contributed by atoms with E-state index in [4.69, 9.17) is 9.47 Å². The Hall–Kier alpha value is -2.05. The Bertz CT molecular complexity index is 799. The molecule has 4 atom stereocenters. The number of ether oxygens (including phenoxy) is 2. The van der Waals surface area contributed by atoms with Crippen LogP contribution in [-0.4, -0.2) is 41.0 Å². The molecule has 1 aliphatic heterocycles. The maximum Gasteiger partial charge on any atom is 0.335 e. The zero-order valence-electron chi connectivity index (χ0n) is 19.6. The highest BCUT2D eigenvalue weighted by Crippen LogP contribution is 2.49. The Balaban J connectivity index is 2.35. The van der Waals surface area contributed by atoms with Crippen molar-refractivity contribution in [2.75, 3.05) is 6.61 Å². The SMILES string of the molecule is CC(=O)C[C@H]1C(=O)C(CO)=CC[C@@](C)(CC[C@H]2OC2(C)C)[C@@H]1/C=C/OC(=O)C=C(C)C. The van der Waals surface area contributed by atoms with Crippen molar-refractivity contribution in [3.05, 3.63) is 35.6 Å². The van der Waals surface area contributed by atoms with E-state index in [9.17, 15) is 19.5 Å². The Morgan fingerprint density at radius 3 is 2.42 bits per heavy atom. The van der Waals surface area contributed by atoms with Crippen LogP contribution in [0.25, 0.3) is 0 Å². The Labute approximate surface area is 185 Å². The van der Waals surface area contributed by atoms with Gasteiger partial charge in [-0.25, -0.2) is 4.79 Å². The zero-order valence-corrected chi connectivity index (χ0v) is 19.6. The first-order valence-electron chi connectivity index (χ1n) is 10.9. The molecule has 0 bridgehead atoms. The largest absolute Gasteiger partial charge is 0.432 e. The predicted molar refractivity (Wildman–Crippen MR) is 118 cm³/mol. The lowest BCUT2D eigenvalue weighted by atomic mass is 9.65. The lowest BCUT2D eigenvalue weighted by Crippen LogP contribution is -2.36. The second-order valence-corrected chi connectivity index (χ2v) is 9.88. The van der Waals surface area contributed by atoms with E-state index in [-0.39, 0.29) is 47.6 Å². The molecule has 31 heavy (non-hydrogen) atoms. The molecule has 0 saturated carbocycles. The van der Waals surface area contributed by atoms with E-state index < -0.39 is 11.9 Å². The summed E-state index contributed by atoms with van der Waals surface area (Å²) in [6, 6.07) is 0. The highest BCUT2D eigenvalue weighted by Gasteiger charge is 2.50. The van der Waals surface area contributed by atoms with Crippen molar-refractivity contribution in [3.8, 4) is 0 Å². The van der Waals surface area contributed by atoms with Gasteiger partial charge < -0.3 is 19.4 Å². The van der Waals surface area contributed by atoms with Gasteiger partial charge >= 0.3 is 5.97 Å². The van der Waals surface area contributed by atoms with E-state index in [0.29, 0.717) is 12.0 Å². The number of aliphatic hydroxyl groups is 1. The minimum atomic E-state index is -0.616. The van der Waals surface area contributed by atoms with Crippen molar-refractivity contribution in [1.82, 2.24) is 0 Å². The van der Waals surface area contributed by atoms with Crippen LogP contribution in [0, 0.1) is 17.3 Å². The molecule has 1 fully saturated rings. The number of ketones is 2. The fourth-order valence-electron chi connectivity index (χ4n) is 4.45. The van der Waals surface area contributed by atoms with E-state index in [1.54, 1.807) is 26.0 Å². The van der Waals surface area contributed by atoms with Gasteiger partial charge in [0, 0.05) is 24.0 Å². The fourth-order valence-corrected chi connectivity index (χ4v) is 4.45. The predicted octanol–water partition coefficient (Wildman–Crippen LogP) is 4.08. The van der Waals surface area contributed by atoms with Gasteiger partial charge in [0.05, 0.1) is 24.6 Å². The van der Waals surface area contributed by atoms with Crippen LogP contribution >= 0.6 is 0 Å². The van der Waals surface area contributed by atoms with Crippen molar-refractivity contribution in [1.29, 1.82) is 0 Å². The molecule has 2 aliphatic rings. The molecule has 2 rings (SSSR count). The zero-order chi connectivity index (χ0) is 23.4. The van der Waals surface area contributed by atoms with Crippen LogP contribution in [0.15, 0.2) is 35.6 Å².